The molecule has 1 aromatic rings. The van der Waals surface area contributed by atoms with Crippen LogP contribution in [0, 0.1) is 0 Å². The van der Waals surface area contributed by atoms with Crippen LogP contribution in [0.3, 0.4) is 0 Å². The van der Waals surface area contributed by atoms with E-state index in [1.165, 1.54) is 11.1 Å². The maximum atomic E-state index is 10.3. The van der Waals surface area contributed by atoms with Gasteiger partial charge in [-0.1, -0.05) is 38.1 Å². The van der Waals surface area contributed by atoms with Crippen molar-refractivity contribution in [3.8, 4) is 0 Å². The minimum absolute atomic E-state index is 0.544. The highest BCUT2D eigenvalue weighted by molar-refractivity contribution is 5.50. The molecule has 0 aliphatic heterocycles. The summed E-state index contributed by atoms with van der Waals surface area (Å²) < 4.78 is 0. The zero-order chi connectivity index (χ0) is 9.68. The highest BCUT2D eigenvalue weighted by Gasteiger charge is 2.04. The summed E-state index contributed by atoms with van der Waals surface area (Å²) in [6.07, 6.45) is 2.48. The van der Waals surface area contributed by atoms with Gasteiger partial charge in [0.25, 0.3) is 0 Å². The molecular weight excluding hydrogens is 160 g/mol. The fraction of sp³-hybridized carbons (Fsp3) is 0.417. The molecule has 70 valence electrons. The van der Waals surface area contributed by atoms with Gasteiger partial charge in [0.1, 0.15) is 6.29 Å². The fourth-order valence-corrected chi connectivity index (χ4v) is 1.54. The SMILES string of the molecule is CC(C)c1ccccc1CCC=O. The van der Waals surface area contributed by atoms with Gasteiger partial charge in [-0.3, -0.25) is 0 Å². The van der Waals surface area contributed by atoms with Gasteiger partial charge in [0.2, 0.25) is 0 Å². The number of aldehydes is 1. The molecule has 0 radical (unpaired) electrons. The van der Waals surface area contributed by atoms with Crippen LogP contribution in [0.15, 0.2) is 24.3 Å². The zero-order valence-corrected chi connectivity index (χ0v) is 8.29. The summed E-state index contributed by atoms with van der Waals surface area (Å²) in [7, 11) is 0. The van der Waals surface area contributed by atoms with E-state index >= 15 is 0 Å². The highest BCUT2D eigenvalue weighted by atomic mass is 16.1. The molecule has 0 spiro atoms. The summed E-state index contributed by atoms with van der Waals surface area (Å²) >= 11 is 0. The van der Waals surface area contributed by atoms with Crippen LogP contribution in [0.1, 0.15) is 37.3 Å². The lowest BCUT2D eigenvalue weighted by Crippen LogP contribution is -1.96. The molecule has 1 heteroatoms. The molecule has 0 saturated carbocycles. The average molecular weight is 176 g/mol. The Bertz CT molecular complexity index is 276. The Balaban J connectivity index is 2.84. The number of carbonyl (C=O) groups excluding carboxylic acids is 1. The Kier molecular flexibility index (Phi) is 3.69. The molecule has 1 nitrogen and oxygen atoms in total. The van der Waals surface area contributed by atoms with Gasteiger partial charge in [-0.2, -0.15) is 0 Å². The van der Waals surface area contributed by atoms with Crippen molar-refractivity contribution in [3.63, 3.8) is 0 Å². The van der Waals surface area contributed by atoms with Crippen LogP contribution >= 0.6 is 0 Å². The van der Waals surface area contributed by atoms with Gasteiger partial charge in [-0.15, -0.1) is 0 Å². The number of benzene rings is 1. The molecule has 0 saturated heterocycles. The van der Waals surface area contributed by atoms with Gasteiger partial charge >= 0.3 is 0 Å². The number of carbonyl (C=O) groups is 1. The van der Waals surface area contributed by atoms with E-state index in [2.05, 4.69) is 32.0 Å². The molecule has 1 aromatic carbocycles. The average Bonchev–Trinajstić information content (AvgIpc) is 2.15. The summed E-state index contributed by atoms with van der Waals surface area (Å²) in [5.74, 6) is 0.544. The second-order valence-corrected chi connectivity index (χ2v) is 3.56. The van der Waals surface area contributed by atoms with E-state index < -0.39 is 0 Å². The zero-order valence-electron chi connectivity index (χ0n) is 8.29. The Morgan fingerprint density at radius 1 is 1.31 bits per heavy atom. The van der Waals surface area contributed by atoms with E-state index in [4.69, 9.17) is 0 Å². The minimum Gasteiger partial charge on any atom is -0.303 e. The minimum atomic E-state index is 0.544. The van der Waals surface area contributed by atoms with E-state index in [-0.39, 0.29) is 0 Å². The third-order valence-corrected chi connectivity index (χ3v) is 2.21. The lowest BCUT2D eigenvalue weighted by molar-refractivity contribution is -0.107. The van der Waals surface area contributed by atoms with Crippen molar-refractivity contribution in [1.82, 2.24) is 0 Å². The largest absolute Gasteiger partial charge is 0.303 e. The van der Waals surface area contributed by atoms with Crippen molar-refractivity contribution >= 4 is 6.29 Å². The summed E-state index contributed by atoms with van der Waals surface area (Å²) in [5.41, 5.74) is 2.67. The Hall–Kier alpha value is -1.11. The summed E-state index contributed by atoms with van der Waals surface area (Å²) in [6.45, 7) is 4.36. The summed E-state index contributed by atoms with van der Waals surface area (Å²) in [5, 5.41) is 0. The summed E-state index contributed by atoms with van der Waals surface area (Å²) in [4.78, 5) is 10.3. The van der Waals surface area contributed by atoms with Gasteiger partial charge in [-0.25, -0.2) is 0 Å². The molecule has 0 amide bonds. The molecule has 0 aromatic heterocycles. The van der Waals surface area contributed by atoms with Gasteiger partial charge in [-0.05, 0) is 23.5 Å². The van der Waals surface area contributed by atoms with Crippen molar-refractivity contribution in [2.24, 2.45) is 0 Å². The Morgan fingerprint density at radius 3 is 2.62 bits per heavy atom. The van der Waals surface area contributed by atoms with Crippen LogP contribution < -0.4 is 0 Å². The first kappa shape index (κ1) is 9.97. The Labute approximate surface area is 79.8 Å². The molecule has 0 N–H and O–H groups in total. The van der Waals surface area contributed by atoms with Gasteiger partial charge in [0, 0.05) is 6.42 Å². The lowest BCUT2D eigenvalue weighted by atomic mass is 9.95. The Morgan fingerprint density at radius 2 is 2.00 bits per heavy atom. The van der Waals surface area contributed by atoms with Crippen LogP contribution in [-0.2, 0) is 11.2 Å². The molecule has 13 heavy (non-hydrogen) atoms. The first-order valence-electron chi connectivity index (χ1n) is 4.77. The van der Waals surface area contributed by atoms with Crippen LogP contribution in [0.5, 0.6) is 0 Å². The van der Waals surface area contributed by atoms with E-state index in [0.717, 1.165) is 12.7 Å². The van der Waals surface area contributed by atoms with E-state index in [1.807, 2.05) is 6.07 Å². The predicted molar refractivity (Wildman–Crippen MR) is 54.9 cm³/mol. The van der Waals surface area contributed by atoms with Gasteiger partial charge in [0.05, 0.1) is 0 Å². The first-order valence-corrected chi connectivity index (χ1v) is 4.77. The number of hydrogen-bond donors (Lipinski definition) is 0. The predicted octanol–water partition coefficient (Wildman–Crippen LogP) is 2.94. The van der Waals surface area contributed by atoms with Gasteiger partial charge < -0.3 is 4.79 Å². The lowest BCUT2D eigenvalue weighted by Gasteiger charge is -2.10. The van der Waals surface area contributed by atoms with Crippen LogP contribution in [-0.4, -0.2) is 6.29 Å². The smallest absolute Gasteiger partial charge is 0.120 e. The van der Waals surface area contributed by atoms with E-state index in [1.54, 1.807) is 0 Å². The van der Waals surface area contributed by atoms with Crippen molar-refractivity contribution in [1.29, 1.82) is 0 Å². The molecule has 0 unspecified atom stereocenters. The van der Waals surface area contributed by atoms with Crippen molar-refractivity contribution in [2.45, 2.75) is 32.6 Å². The van der Waals surface area contributed by atoms with Crippen molar-refractivity contribution in [3.05, 3.63) is 35.4 Å². The van der Waals surface area contributed by atoms with Crippen LogP contribution in [0.4, 0.5) is 0 Å². The molecule has 0 fully saturated rings. The maximum Gasteiger partial charge on any atom is 0.120 e. The standard InChI is InChI=1S/C12H16O/c1-10(2)12-8-4-3-6-11(12)7-5-9-13/h3-4,6,8-10H,5,7H2,1-2H3. The van der Waals surface area contributed by atoms with Crippen LogP contribution in [0.25, 0.3) is 0 Å². The van der Waals surface area contributed by atoms with E-state index in [0.29, 0.717) is 12.3 Å². The second-order valence-electron chi connectivity index (χ2n) is 3.56. The maximum absolute atomic E-state index is 10.3. The van der Waals surface area contributed by atoms with Crippen molar-refractivity contribution < 1.29 is 4.79 Å². The highest BCUT2D eigenvalue weighted by Crippen LogP contribution is 2.19. The molecule has 0 bridgehead atoms. The summed E-state index contributed by atoms with van der Waals surface area (Å²) in [6, 6.07) is 8.34. The molecule has 1 rings (SSSR count). The molecule has 0 aliphatic carbocycles. The molecule has 0 aliphatic rings. The molecule has 0 atom stereocenters. The second kappa shape index (κ2) is 4.80. The topological polar surface area (TPSA) is 17.1 Å². The third kappa shape index (κ3) is 2.69. The fourth-order valence-electron chi connectivity index (χ4n) is 1.54. The number of hydrogen-bond acceptors (Lipinski definition) is 1. The van der Waals surface area contributed by atoms with Crippen LogP contribution in [0.2, 0.25) is 0 Å². The monoisotopic (exact) mass is 176 g/mol. The molecular formula is C12H16O. The van der Waals surface area contributed by atoms with Crippen molar-refractivity contribution in [2.75, 3.05) is 0 Å². The molecule has 0 heterocycles. The van der Waals surface area contributed by atoms with Gasteiger partial charge in [0.15, 0.2) is 0 Å². The van der Waals surface area contributed by atoms with E-state index in [9.17, 15) is 4.79 Å². The number of aryl methyl sites for hydroxylation is 1. The first-order chi connectivity index (χ1) is 6.25. The number of rotatable bonds is 4. The third-order valence-electron chi connectivity index (χ3n) is 2.21. The quantitative estimate of drug-likeness (QED) is 0.645. The normalized spacial score (nSPS) is 10.4.